The van der Waals surface area contributed by atoms with E-state index in [9.17, 15) is 22.4 Å². The minimum atomic E-state index is -5.06. The number of likely N-dealkylation sites (N-methyl/N-ethyl adjacent to an activating group) is 2. The van der Waals surface area contributed by atoms with Gasteiger partial charge < -0.3 is 25.2 Å². The van der Waals surface area contributed by atoms with Crippen LogP contribution < -0.4 is 20.3 Å². The Bertz CT molecular complexity index is 1590. The Morgan fingerprint density at radius 3 is 2.59 bits per heavy atom. The molecule has 1 amide bonds. The maximum Gasteiger partial charge on any atom is 0.573 e. The first kappa shape index (κ1) is 29.6. The number of halogens is 5. The topological polar surface area (TPSA) is 99.9 Å². The normalized spacial score (nSPS) is 11.5. The van der Waals surface area contributed by atoms with Crippen LogP contribution in [0.5, 0.6) is 5.75 Å². The Hall–Kier alpha value is -4.43. The summed E-state index contributed by atoms with van der Waals surface area (Å²) in [6.45, 7) is 3.86. The van der Waals surface area contributed by atoms with Crippen LogP contribution in [-0.2, 0) is 4.79 Å². The second kappa shape index (κ2) is 12.0. The number of carbonyl (C=O) groups excluding carboxylic acids is 1. The molecule has 15 heteroatoms. The minimum absolute atomic E-state index is 0.0103. The number of ether oxygens (including phenoxy) is 1. The van der Waals surface area contributed by atoms with E-state index in [1.54, 1.807) is 47.1 Å². The molecule has 1 aromatic carbocycles. The standard InChI is InChI=1S/C26H25ClF4N8O2/c1-15(28)24(40)34-18-11-19(22(41-26(29,30)31)12-21(18)38(4)10-9-37(2)3)35-25-32-14-17(27)23(36-25)16-13-33-39-8-6-5-7-20(16)39/h5-8,11-14H,1,9-10H2,2-4H3,(H,34,40)(H,32,35,36). The van der Waals surface area contributed by atoms with Crippen LogP contribution in [0, 0.1) is 0 Å². The number of nitrogens with one attached hydrogen (secondary N) is 2. The maximum atomic E-state index is 13.6. The molecule has 10 nitrogen and oxygen atoms in total. The molecule has 0 aliphatic rings. The van der Waals surface area contributed by atoms with E-state index in [0.717, 1.165) is 12.1 Å². The molecule has 216 valence electrons. The third-order valence-electron chi connectivity index (χ3n) is 5.78. The van der Waals surface area contributed by atoms with E-state index in [4.69, 9.17) is 11.6 Å². The molecule has 4 aromatic rings. The van der Waals surface area contributed by atoms with Crippen molar-refractivity contribution < 1.29 is 27.1 Å². The molecule has 0 aliphatic heterocycles. The van der Waals surface area contributed by atoms with Gasteiger partial charge in [0.1, 0.15) is 0 Å². The van der Waals surface area contributed by atoms with Crippen molar-refractivity contribution >= 4 is 46.0 Å². The Balaban J connectivity index is 1.80. The molecule has 2 N–H and O–H groups in total. The summed E-state index contributed by atoms with van der Waals surface area (Å²) in [5.74, 6) is -3.22. The first-order valence-electron chi connectivity index (χ1n) is 12.0. The lowest BCUT2D eigenvalue weighted by atomic mass is 10.2. The summed E-state index contributed by atoms with van der Waals surface area (Å²) < 4.78 is 59.9. The van der Waals surface area contributed by atoms with Crippen molar-refractivity contribution in [1.29, 1.82) is 0 Å². The molecule has 0 aliphatic carbocycles. The van der Waals surface area contributed by atoms with Crippen molar-refractivity contribution in [3.8, 4) is 17.0 Å². The van der Waals surface area contributed by atoms with Crippen molar-refractivity contribution in [3.63, 3.8) is 0 Å². The maximum absolute atomic E-state index is 13.6. The lowest BCUT2D eigenvalue weighted by molar-refractivity contribution is -0.274. The predicted octanol–water partition coefficient (Wildman–Crippen LogP) is 5.51. The fourth-order valence-electron chi connectivity index (χ4n) is 3.81. The van der Waals surface area contributed by atoms with Crippen LogP contribution in [0.1, 0.15) is 0 Å². The van der Waals surface area contributed by atoms with Gasteiger partial charge in [-0.15, -0.1) is 13.2 Å². The van der Waals surface area contributed by atoms with Crippen LogP contribution in [0.4, 0.5) is 40.6 Å². The molecule has 0 saturated carbocycles. The number of anilines is 4. The molecule has 0 bridgehead atoms. The lowest BCUT2D eigenvalue weighted by Crippen LogP contribution is -2.29. The average molecular weight is 593 g/mol. The molecule has 3 heterocycles. The molecule has 0 saturated heterocycles. The van der Waals surface area contributed by atoms with E-state index < -0.39 is 23.8 Å². The van der Waals surface area contributed by atoms with Crippen molar-refractivity contribution in [3.05, 3.63) is 66.4 Å². The Morgan fingerprint density at radius 2 is 1.90 bits per heavy atom. The first-order chi connectivity index (χ1) is 19.3. The quantitative estimate of drug-likeness (QED) is 0.184. The van der Waals surface area contributed by atoms with Gasteiger partial charge in [-0.25, -0.2) is 18.9 Å². The van der Waals surface area contributed by atoms with E-state index in [1.165, 1.54) is 6.20 Å². The number of fused-ring (bicyclic) bond motifs is 1. The fraction of sp³-hybridized carbons (Fsp3) is 0.231. The lowest BCUT2D eigenvalue weighted by Gasteiger charge is -2.26. The number of aromatic nitrogens is 4. The fourth-order valence-corrected chi connectivity index (χ4v) is 4.00. The van der Waals surface area contributed by atoms with E-state index in [2.05, 4.69) is 37.0 Å². The minimum Gasteiger partial charge on any atom is -0.403 e. The monoisotopic (exact) mass is 592 g/mol. The van der Waals surface area contributed by atoms with Crippen LogP contribution in [-0.4, -0.2) is 71.0 Å². The van der Waals surface area contributed by atoms with Crippen molar-refractivity contribution in [2.75, 3.05) is 49.8 Å². The summed E-state index contributed by atoms with van der Waals surface area (Å²) >= 11 is 6.37. The van der Waals surface area contributed by atoms with Crippen LogP contribution in [0.3, 0.4) is 0 Å². The highest BCUT2D eigenvalue weighted by Crippen LogP contribution is 2.41. The van der Waals surface area contributed by atoms with Crippen LogP contribution in [0.2, 0.25) is 5.02 Å². The third-order valence-corrected chi connectivity index (χ3v) is 6.06. The summed E-state index contributed by atoms with van der Waals surface area (Å²) in [5.41, 5.74) is 1.37. The zero-order chi connectivity index (χ0) is 29.9. The number of benzene rings is 1. The smallest absolute Gasteiger partial charge is 0.403 e. The zero-order valence-electron chi connectivity index (χ0n) is 22.1. The van der Waals surface area contributed by atoms with Crippen molar-refractivity contribution in [2.45, 2.75) is 6.36 Å². The predicted molar refractivity (Wildman–Crippen MR) is 148 cm³/mol. The zero-order valence-corrected chi connectivity index (χ0v) is 22.9. The molecule has 0 atom stereocenters. The number of carbonyl (C=O) groups is 1. The summed E-state index contributed by atoms with van der Waals surface area (Å²) in [6.07, 6.45) is -0.507. The van der Waals surface area contributed by atoms with E-state index in [-0.39, 0.29) is 33.7 Å². The number of hydrogen-bond acceptors (Lipinski definition) is 8. The number of rotatable bonds is 10. The van der Waals surface area contributed by atoms with Gasteiger partial charge in [0.05, 0.1) is 45.7 Å². The second-order valence-corrected chi connectivity index (χ2v) is 9.51. The number of amides is 1. The van der Waals surface area contributed by atoms with E-state index in [1.807, 2.05) is 19.0 Å². The molecule has 4 rings (SSSR count). The van der Waals surface area contributed by atoms with Crippen LogP contribution >= 0.6 is 11.6 Å². The van der Waals surface area contributed by atoms with Gasteiger partial charge in [-0.05, 0) is 32.3 Å². The summed E-state index contributed by atoms with van der Waals surface area (Å²) in [4.78, 5) is 24.1. The first-order valence-corrected chi connectivity index (χ1v) is 12.4. The summed E-state index contributed by atoms with van der Waals surface area (Å²) in [6, 6.07) is 7.62. The number of nitrogens with zero attached hydrogens (tertiary/aromatic N) is 6. The van der Waals surface area contributed by atoms with Gasteiger partial charge in [-0.2, -0.15) is 5.10 Å². The molecule has 0 fully saturated rings. The molecular weight excluding hydrogens is 568 g/mol. The molecule has 41 heavy (non-hydrogen) atoms. The molecule has 0 radical (unpaired) electrons. The third kappa shape index (κ3) is 7.21. The largest absolute Gasteiger partial charge is 0.573 e. The second-order valence-electron chi connectivity index (χ2n) is 9.10. The highest BCUT2D eigenvalue weighted by atomic mass is 35.5. The average Bonchev–Trinajstić information content (AvgIpc) is 3.32. The molecule has 0 spiro atoms. The Labute approximate surface area is 237 Å². The van der Waals surface area contributed by atoms with Gasteiger partial charge in [-0.1, -0.05) is 24.2 Å². The summed E-state index contributed by atoms with van der Waals surface area (Å²) in [7, 11) is 5.25. The number of pyridine rings is 1. The molecule has 0 unspecified atom stereocenters. The Kier molecular flexibility index (Phi) is 8.63. The summed E-state index contributed by atoms with van der Waals surface area (Å²) in [5, 5.41) is 9.47. The molecule has 3 aromatic heterocycles. The van der Waals surface area contributed by atoms with Gasteiger partial charge in [0.15, 0.2) is 11.6 Å². The number of hydrogen-bond donors (Lipinski definition) is 2. The van der Waals surface area contributed by atoms with Gasteiger partial charge in [-0.3, -0.25) is 4.79 Å². The Morgan fingerprint density at radius 1 is 1.15 bits per heavy atom. The van der Waals surface area contributed by atoms with Crippen LogP contribution in [0.25, 0.3) is 16.8 Å². The van der Waals surface area contributed by atoms with Gasteiger partial charge in [0, 0.05) is 38.0 Å². The number of alkyl halides is 3. The highest BCUT2D eigenvalue weighted by Gasteiger charge is 2.33. The van der Waals surface area contributed by atoms with E-state index >= 15 is 0 Å². The molecular formula is C26H25ClF4N8O2. The van der Waals surface area contributed by atoms with Crippen molar-refractivity contribution in [2.24, 2.45) is 0 Å². The van der Waals surface area contributed by atoms with Crippen LogP contribution in [0.15, 0.2) is 61.3 Å². The van der Waals surface area contributed by atoms with Gasteiger partial charge in [0.25, 0.3) is 5.91 Å². The van der Waals surface area contributed by atoms with E-state index in [0.29, 0.717) is 24.2 Å². The van der Waals surface area contributed by atoms with Crippen molar-refractivity contribution in [1.82, 2.24) is 24.5 Å². The highest BCUT2D eigenvalue weighted by molar-refractivity contribution is 6.33. The van der Waals surface area contributed by atoms with Gasteiger partial charge in [0.2, 0.25) is 5.95 Å². The SMILES string of the molecule is C=C(F)C(=O)Nc1cc(Nc2ncc(Cl)c(-c3cnn4ccccc34)n2)c(OC(F)(F)F)cc1N(C)CCN(C)C. The van der Waals surface area contributed by atoms with Gasteiger partial charge >= 0.3 is 6.36 Å².